The van der Waals surface area contributed by atoms with Crippen LogP contribution in [-0.2, 0) is 19.1 Å². The molecule has 1 heterocycles. The number of urea groups is 1. The molecule has 1 fully saturated rings. The van der Waals surface area contributed by atoms with E-state index in [0.717, 1.165) is 10.5 Å². The van der Waals surface area contributed by atoms with Crippen LogP contribution < -0.4 is 10.6 Å². The second-order valence-electron chi connectivity index (χ2n) is 7.74. The summed E-state index contributed by atoms with van der Waals surface area (Å²) < 4.78 is 5.00. The zero-order chi connectivity index (χ0) is 22.5. The number of amides is 4. The van der Waals surface area contributed by atoms with Crippen molar-refractivity contribution in [2.45, 2.75) is 52.1 Å². The van der Waals surface area contributed by atoms with Crippen LogP contribution in [0.3, 0.4) is 0 Å². The van der Waals surface area contributed by atoms with Crippen molar-refractivity contribution in [2.24, 2.45) is 0 Å². The Balaban J connectivity index is 1.75. The van der Waals surface area contributed by atoms with Crippen LogP contribution in [-0.4, -0.2) is 53.2 Å². The first-order valence-corrected chi connectivity index (χ1v) is 9.71. The molecule has 0 bridgehead atoms. The minimum absolute atomic E-state index is 0.0159. The van der Waals surface area contributed by atoms with Crippen LogP contribution in [0.4, 0.5) is 4.79 Å². The molecular formula is C21H27N3O6. The van der Waals surface area contributed by atoms with E-state index in [1.165, 1.54) is 6.92 Å². The van der Waals surface area contributed by atoms with Crippen molar-refractivity contribution in [2.75, 3.05) is 13.2 Å². The van der Waals surface area contributed by atoms with Gasteiger partial charge in [-0.25, -0.2) is 4.79 Å². The average molecular weight is 417 g/mol. The molecule has 2 N–H and O–H groups in total. The standard InChI is InChI=1S/C21H27N3O6/c1-13(22-14(2)25)15-7-9-16(10-8-15)17(26)12-30-18(27)6-5-11-24-19(28)21(3,4)23-20(24)29/h7-10,13H,5-6,11-12H2,1-4H3,(H,22,25)(H,23,29)/t13-/m1/s1. The zero-order valence-corrected chi connectivity index (χ0v) is 17.6. The Morgan fingerprint density at radius 1 is 1.17 bits per heavy atom. The van der Waals surface area contributed by atoms with E-state index < -0.39 is 24.1 Å². The number of benzene rings is 1. The Bertz CT molecular complexity index is 847. The number of nitrogens with one attached hydrogen (secondary N) is 2. The quantitative estimate of drug-likeness (QED) is 0.358. The first-order chi connectivity index (χ1) is 14.0. The molecule has 0 aliphatic carbocycles. The molecule has 1 atom stereocenters. The fraction of sp³-hybridized carbons (Fsp3) is 0.476. The molecule has 4 amide bonds. The van der Waals surface area contributed by atoms with Crippen LogP contribution in [0.2, 0.25) is 0 Å². The fourth-order valence-electron chi connectivity index (χ4n) is 3.05. The van der Waals surface area contributed by atoms with Gasteiger partial charge in [0.25, 0.3) is 5.91 Å². The van der Waals surface area contributed by atoms with Gasteiger partial charge >= 0.3 is 12.0 Å². The highest BCUT2D eigenvalue weighted by Crippen LogP contribution is 2.17. The Morgan fingerprint density at radius 2 is 1.80 bits per heavy atom. The molecule has 1 aliphatic heterocycles. The van der Waals surface area contributed by atoms with Gasteiger partial charge in [0.15, 0.2) is 12.4 Å². The van der Waals surface area contributed by atoms with E-state index in [0.29, 0.717) is 5.56 Å². The van der Waals surface area contributed by atoms with Crippen LogP contribution in [0.15, 0.2) is 24.3 Å². The van der Waals surface area contributed by atoms with Crippen LogP contribution in [0, 0.1) is 0 Å². The number of imide groups is 1. The normalized spacial score (nSPS) is 16.1. The van der Waals surface area contributed by atoms with E-state index in [1.54, 1.807) is 38.1 Å². The fourth-order valence-corrected chi connectivity index (χ4v) is 3.05. The maximum absolute atomic E-state index is 12.2. The van der Waals surface area contributed by atoms with Gasteiger partial charge < -0.3 is 15.4 Å². The van der Waals surface area contributed by atoms with Crippen molar-refractivity contribution < 1.29 is 28.7 Å². The largest absolute Gasteiger partial charge is 0.457 e. The van der Waals surface area contributed by atoms with Crippen molar-refractivity contribution in [3.63, 3.8) is 0 Å². The molecule has 0 spiro atoms. The molecule has 0 unspecified atom stereocenters. The Kier molecular flexibility index (Phi) is 7.31. The van der Waals surface area contributed by atoms with Crippen LogP contribution >= 0.6 is 0 Å². The van der Waals surface area contributed by atoms with Crippen LogP contribution in [0.5, 0.6) is 0 Å². The second-order valence-corrected chi connectivity index (χ2v) is 7.74. The van der Waals surface area contributed by atoms with E-state index >= 15 is 0 Å². The monoisotopic (exact) mass is 417 g/mol. The van der Waals surface area contributed by atoms with E-state index in [-0.39, 0.29) is 43.0 Å². The minimum Gasteiger partial charge on any atom is -0.457 e. The van der Waals surface area contributed by atoms with Gasteiger partial charge in [-0.1, -0.05) is 24.3 Å². The zero-order valence-electron chi connectivity index (χ0n) is 17.6. The first kappa shape index (κ1) is 23.1. The predicted molar refractivity (Wildman–Crippen MR) is 108 cm³/mol. The Morgan fingerprint density at radius 3 is 2.33 bits per heavy atom. The number of Topliss-reactive ketones (excluding diaryl/α,β-unsaturated/α-hetero) is 1. The third-order valence-electron chi connectivity index (χ3n) is 4.72. The predicted octanol–water partition coefficient (Wildman–Crippen LogP) is 1.72. The summed E-state index contributed by atoms with van der Waals surface area (Å²) >= 11 is 0. The van der Waals surface area contributed by atoms with Crippen molar-refractivity contribution in [3.05, 3.63) is 35.4 Å². The molecule has 0 radical (unpaired) electrons. The number of hydrogen-bond donors (Lipinski definition) is 2. The SMILES string of the molecule is CC(=O)N[C@H](C)c1ccc(C(=O)COC(=O)CCCN2C(=O)NC(C)(C)C2=O)cc1. The number of ether oxygens (including phenoxy) is 1. The van der Waals surface area contributed by atoms with Crippen LogP contribution in [0.1, 0.15) is 62.5 Å². The van der Waals surface area contributed by atoms with Gasteiger partial charge in [-0.05, 0) is 32.8 Å². The van der Waals surface area contributed by atoms with Crippen molar-refractivity contribution >= 4 is 29.6 Å². The lowest BCUT2D eigenvalue weighted by Gasteiger charge is -2.15. The highest BCUT2D eigenvalue weighted by Gasteiger charge is 2.43. The van der Waals surface area contributed by atoms with Crippen LogP contribution in [0.25, 0.3) is 0 Å². The average Bonchev–Trinajstić information content (AvgIpc) is 2.87. The van der Waals surface area contributed by atoms with E-state index in [2.05, 4.69) is 10.6 Å². The summed E-state index contributed by atoms with van der Waals surface area (Å²) in [6.07, 6.45) is 0.232. The summed E-state index contributed by atoms with van der Waals surface area (Å²) in [5.74, 6) is -1.41. The van der Waals surface area contributed by atoms with E-state index in [9.17, 15) is 24.0 Å². The van der Waals surface area contributed by atoms with Gasteiger partial charge in [-0.2, -0.15) is 0 Å². The van der Waals surface area contributed by atoms with E-state index in [1.807, 2.05) is 6.92 Å². The van der Waals surface area contributed by atoms with Crippen molar-refractivity contribution in [1.29, 1.82) is 0 Å². The number of nitrogens with zero attached hydrogens (tertiary/aromatic N) is 1. The molecule has 9 heteroatoms. The summed E-state index contributed by atoms with van der Waals surface area (Å²) in [5, 5.41) is 5.32. The molecule has 0 saturated carbocycles. The molecule has 1 aromatic rings. The molecule has 9 nitrogen and oxygen atoms in total. The summed E-state index contributed by atoms with van der Waals surface area (Å²) in [5.41, 5.74) is 0.296. The number of carbonyl (C=O) groups excluding carboxylic acids is 5. The lowest BCUT2D eigenvalue weighted by molar-refractivity contribution is -0.143. The van der Waals surface area contributed by atoms with Crippen molar-refractivity contribution in [1.82, 2.24) is 15.5 Å². The molecule has 0 aromatic heterocycles. The van der Waals surface area contributed by atoms with Gasteiger partial charge in [0.1, 0.15) is 5.54 Å². The minimum atomic E-state index is -0.945. The molecule has 1 saturated heterocycles. The lowest BCUT2D eigenvalue weighted by Crippen LogP contribution is -2.40. The van der Waals surface area contributed by atoms with Gasteiger partial charge in [0.2, 0.25) is 5.91 Å². The molecule has 162 valence electrons. The van der Waals surface area contributed by atoms with E-state index in [4.69, 9.17) is 4.74 Å². The number of ketones is 1. The number of rotatable bonds is 9. The number of carbonyl (C=O) groups is 5. The summed E-state index contributed by atoms with van der Waals surface area (Å²) in [7, 11) is 0. The smallest absolute Gasteiger partial charge is 0.325 e. The highest BCUT2D eigenvalue weighted by atomic mass is 16.5. The molecule has 30 heavy (non-hydrogen) atoms. The van der Waals surface area contributed by atoms with Gasteiger partial charge in [-0.3, -0.25) is 24.1 Å². The maximum atomic E-state index is 12.2. The first-order valence-electron chi connectivity index (χ1n) is 9.71. The molecule has 2 rings (SSSR count). The lowest BCUT2D eigenvalue weighted by atomic mass is 10.0. The Hall–Kier alpha value is -3.23. The highest BCUT2D eigenvalue weighted by molar-refractivity contribution is 6.06. The Labute approximate surface area is 175 Å². The third kappa shape index (κ3) is 5.88. The summed E-state index contributed by atoms with van der Waals surface area (Å²) in [4.78, 5) is 60.1. The van der Waals surface area contributed by atoms with Crippen molar-refractivity contribution in [3.8, 4) is 0 Å². The molecule has 1 aliphatic rings. The maximum Gasteiger partial charge on any atom is 0.325 e. The summed E-state index contributed by atoms with van der Waals surface area (Å²) in [6.45, 7) is 6.20. The second kappa shape index (κ2) is 9.51. The topological polar surface area (TPSA) is 122 Å². The summed E-state index contributed by atoms with van der Waals surface area (Å²) in [6, 6.07) is 6.03. The number of esters is 1. The van der Waals surface area contributed by atoms with Gasteiger partial charge in [0, 0.05) is 25.5 Å². The molecule has 1 aromatic carbocycles. The number of hydrogen-bond acceptors (Lipinski definition) is 6. The third-order valence-corrected chi connectivity index (χ3v) is 4.72. The van der Waals surface area contributed by atoms with Gasteiger partial charge in [0.05, 0.1) is 6.04 Å². The molecular weight excluding hydrogens is 390 g/mol. The van der Waals surface area contributed by atoms with Gasteiger partial charge in [-0.15, -0.1) is 0 Å².